The number of benzene rings is 2. The Labute approximate surface area is 247 Å². The molecule has 0 amide bonds. The highest BCUT2D eigenvalue weighted by molar-refractivity contribution is 7.99. The van der Waals surface area contributed by atoms with Crippen LogP contribution in [0.5, 0.6) is 17.2 Å². The number of phenols is 2. The molecule has 3 N–H and O–H groups in total. The van der Waals surface area contributed by atoms with Crippen LogP contribution in [0.1, 0.15) is 87.7 Å². The maximum atomic E-state index is 13.1. The summed E-state index contributed by atoms with van der Waals surface area (Å²) in [4.78, 5) is 11.5. The topological polar surface area (TPSA) is 87.0 Å². The molecule has 0 saturated heterocycles. The number of hydrogen-bond donors (Lipinski definition) is 3. The van der Waals surface area contributed by atoms with Gasteiger partial charge in [0.15, 0.2) is 0 Å². The number of ether oxygens (including phenoxy) is 1. The molecule has 0 unspecified atom stereocenters. The molecule has 42 heavy (non-hydrogen) atoms. The molecule has 3 atom stereocenters. The van der Waals surface area contributed by atoms with Gasteiger partial charge in [0, 0.05) is 18.4 Å². The molecule has 1 heterocycles. The minimum absolute atomic E-state index is 0.0995. The summed E-state index contributed by atoms with van der Waals surface area (Å²) in [5.74, 6) is -5.81. The fourth-order valence-corrected chi connectivity index (χ4v) is 6.84. The van der Waals surface area contributed by atoms with Crippen molar-refractivity contribution in [1.29, 1.82) is 0 Å². The summed E-state index contributed by atoms with van der Waals surface area (Å²) in [6.07, 6.45) is 0.419. The molecule has 0 radical (unpaired) electrons. The molecule has 0 bridgehead atoms. The van der Waals surface area contributed by atoms with Crippen molar-refractivity contribution in [3.8, 4) is 17.2 Å². The van der Waals surface area contributed by atoms with Gasteiger partial charge in [0.2, 0.25) is 0 Å². The normalized spacial score (nSPS) is 19.6. The summed E-state index contributed by atoms with van der Waals surface area (Å²) in [6.45, 7) is 0.415. The molecule has 0 spiro atoms. The monoisotopic (exact) mass is 618 g/mol. The van der Waals surface area contributed by atoms with E-state index in [1.165, 1.54) is 0 Å². The lowest BCUT2D eigenvalue weighted by atomic mass is 9.76. The smallest absolute Gasteiger partial charge is 0.453 e. The van der Waals surface area contributed by atoms with Crippen LogP contribution in [-0.4, -0.2) is 46.3 Å². The van der Waals surface area contributed by atoms with E-state index in [2.05, 4.69) is 0 Å². The van der Waals surface area contributed by atoms with Crippen molar-refractivity contribution in [3.63, 3.8) is 0 Å². The van der Waals surface area contributed by atoms with E-state index >= 15 is 0 Å². The molecule has 0 aliphatic carbocycles. The van der Waals surface area contributed by atoms with Crippen molar-refractivity contribution in [2.24, 2.45) is 5.92 Å². The zero-order valence-corrected chi connectivity index (χ0v) is 24.5. The average molecular weight is 619 g/mol. The first-order valence-electron chi connectivity index (χ1n) is 14.3. The van der Waals surface area contributed by atoms with Crippen LogP contribution < -0.4 is 4.74 Å². The largest absolute Gasteiger partial charge is 0.508 e. The van der Waals surface area contributed by atoms with Gasteiger partial charge < -0.3 is 20.1 Å². The fraction of sp³-hybridized carbons (Fsp3) is 0.581. The van der Waals surface area contributed by atoms with Crippen molar-refractivity contribution < 1.29 is 46.8 Å². The molecule has 0 fully saturated rings. The molecule has 0 aromatic heterocycles. The molecule has 1 aliphatic rings. The quantitative estimate of drug-likeness (QED) is 0.129. The van der Waals surface area contributed by atoms with Gasteiger partial charge in [-0.05, 0) is 61.3 Å². The predicted molar refractivity (Wildman–Crippen MR) is 153 cm³/mol. The molecule has 0 saturated carbocycles. The Morgan fingerprint density at radius 3 is 2.14 bits per heavy atom. The second kappa shape index (κ2) is 14.7. The summed E-state index contributed by atoms with van der Waals surface area (Å²) in [5.41, 5.74) is 2.07. The Hall–Kier alpha value is -2.69. The number of rotatable bonds is 16. The summed E-state index contributed by atoms with van der Waals surface area (Å²) >= 11 is 1.70. The van der Waals surface area contributed by atoms with Crippen LogP contribution in [0.15, 0.2) is 42.5 Å². The zero-order valence-electron chi connectivity index (χ0n) is 23.6. The minimum atomic E-state index is -5.62. The second-order valence-corrected chi connectivity index (χ2v) is 12.2. The molecule has 1 aliphatic heterocycles. The Bertz CT molecular complexity index is 1160. The van der Waals surface area contributed by atoms with E-state index in [0.717, 1.165) is 49.7 Å². The molecule has 2 aromatic carbocycles. The van der Waals surface area contributed by atoms with Gasteiger partial charge in [-0.2, -0.15) is 22.0 Å². The summed E-state index contributed by atoms with van der Waals surface area (Å²) in [6, 6.07) is 12.4. The van der Waals surface area contributed by atoms with Crippen LogP contribution in [0.2, 0.25) is 0 Å². The third-order valence-corrected chi connectivity index (χ3v) is 9.57. The van der Waals surface area contributed by atoms with Gasteiger partial charge in [-0.25, -0.2) is 0 Å². The third kappa shape index (κ3) is 8.45. The molecular weight excluding hydrogens is 579 g/mol. The number of unbranched alkanes of at least 4 members (excludes halogenated alkanes) is 5. The molecular formula is C31H39F5O5S. The van der Waals surface area contributed by atoms with Crippen LogP contribution in [-0.2, 0) is 9.54 Å². The number of carboxylic acid groups (broad SMARTS) is 1. The number of aromatic hydroxyl groups is 2. The van der Waals surface area contributed by atoms with Crippen molar-refractivity contribution in [3.05, 3.63) is 53.6 Å². The summed E-state index contributed by atoms with van der Waals surface area (Å²) in [7, 11) is 0. The highest BCUT2D eigenvalue weighted by Crippen LogP contribution is 2.55. The lowest BCUT2D eigenvalue weighted by Gasteiger charge is -2.44. The van der Waals surface area contributed by atoms with Gasteiger partial charge in [-0.3, -0.25) is 4.79 Å². The van der Waals surface area contributed by atoms with Gasteiger partial charge in [0.05, 0.1) is 10.7 Å². The van der Waals surface area contributed by atoms with Gasteiger partial charge in [-0.1, -0.05) is 56.7 Å². The number of thioether (sulfide) groups is 1. The number of carboxylic acids is 1. The van der Waals surface area contributed by atoms with Crippen LogP contribution in [0, 0.1) is 5.92 Å². The number of aliphatic carboxylic acids is 1. The number of phenolic OH excluding ortho intramolecular Hbond substituents is 2. The number of alkyl halides is 5. The van der Waals surface area contributed by atoms with E-state index in [1.54, 1.807) is 36.0 Å². The highest BCUT2D eigenvalue weighted by atomic mass is 32.2. The molecule has 11 heteroatoms. The zero-order chi connectivity index (χ0) is 31.0. The van der Waals surface area contributed by atoms with Gasteiger partial charge >= 0.3 is 18.1 Å². The maximum absolute atomic E-state index is 13.1. The number of halogens is 5. The van der Waals surface area contributed by atoms with Crippen molar-refractivity contribution >= 4 is 17.7 Å². The highest BCUT2D eigenvalue weighted by Gasteiger charge is 2.56. The Morgan fingerprint density at radius 2 is 1.52 bits per heavy atom. The Balaban J connectivity index is 1.49. The van der Waals surface area contributed by atoms with Crippen molar-refractivity contribution in [2.75, 3.05) is 12.9 Å². The predicted octanol–water partition coefficient (Wildman–Crippen LogP) is 9.02. The Kier molecular flexibility index (Phi) is 11.8. The van der Waals surface area contributed by atoms with Crippen LogP contribution in [0.3, 0.4) is 0 Å². The fourth-order valence-electron chi connectivity index (χ4n) is 5.76. The van der Waals surface area contributed by atoms with E-state index < -0.39 is 36.8 Å². The van der Waals surface area contributed by atoms with Crippen molar-refractivity contribution in [1.82, 2.24) is 0 Å². The lowest BCUT2D eigenvalue weighted by Crippen LogP contribution is -2.40. The number of carbonyl (C=O) groups is 1. The van der Waals surface area contributed by atoms with Gasteiger partial charge in [0.25, 0.3) is 0 Å². The lowest BCUT2D eigenvalue weighted by molar-refractivity contribution is -0.284. The van der Waals surface area contributed by atoms with E-state index in [4.69, 9.17) is 4.74 Å². The molecule has 2 aromatic rings. The van der Waals surface area contributed by atoms with Gasteiger partial charge in [0.1, 0.15) is 23.9 Å². The third-order valence-electron chi connectivity index (χ3n) is 8.20. The van der Waals surface area contributed by atoms with Gasteiger partial charge in [-0.15, -0.1) is 11.8 Å². The summed E-state index contributed by atoms with van der Waals surface area (Å²) in [5, 5.41) is 29.2. The van der Waals surface area contributed by atoms with Crippen LogP contribution in [0.25, 0.3) is 0 Å². The maximum Gasteiger partial charge on any atom is 0.453 e. The number of hydrogen-bond acceptors (Lipinski definition) is 5. The van der Waals surface area contributed by atoms with E-state index in [9.17, 15) is 42.1 Å². The standard InChI is InChI=1S/C31H39F5O5S/c1-42-29(22-12-14-23(37)15-13-22)20-41-27-19-24(38)16-17-25(27)26(29)11-7-5-3-2-4-6-9-21(28(39)40)10-8-18-30(32,33)31(34,35)36/h12-17,19,21,26,37-38H,2-11,18,20H2,1H3,(H,39,40)/t21-,26+,29-/m0/s1. The number of fused-ring (bicyclic) bond motifs is 1. The van der Waals surface area contributed by atoms with Crippen LogP contribution >= 0.6 is 11.8 Å². The molecule has 3 rings (SSSR count). The van der Waals surface area contributed by atoms with Crippen LogP contribution in [0.4, 0.5) is 22.0 Å². The average Bonchev–Trinajstić information content (AvgIpc) is 2.93. The Morgan fingerprint density at radius 1 is 0.929 bits per heavy atom. The first-order valence-corrected chi connectivity index (χ1v) is 15.5. The van der Waals surface area contributed by atoms with Crippen molar-refractivity contribution in [2.45, 2.75) is 93.4 Å². The summed E-state index contributed by atoms with van der Waals surface area (Å²) < 4.78 is 69.0. The second-order valence-electron chi connectivity index (χ2n) is 11.0. The van der Waals surface area contributed by atoms with E-state index in [0.29, 0.717) is 18.8 Å². The SMILES string of the molecule is CS[C@]1(c2ccc(O)cc2)COc2cc(O)ccc2[C@H]1CCCCCCCC[C@@H](CCCC(F)(F)C(F)(F)F)C(=O)O. The van der Waals surface area contributed by atoms with E-state index in [-0.39, 0.29) is 35.0 Å². The molecule has 5 nitrogen and oxygen atoms in total. The first-order chi connectivity index (χ1) is 19.8. The first kappa shape index (κ1) is 33.8. The minimum Gasteiger partial charge on any atom is -0.508 e. The van der Waals surface area contributed by atoms with E-state index in [1.807, 2.05) is 24.5 Å². The molecule has 234 valence electrons.